The van der Waals surface area contributed by atoms with Gasteiger partial charge in [0.25, 0.3) is 0 Å². The average Bonchev–Trinajstić information content (AvgIpc) is 2.79. The van der Waals surface area contributed by atoms with E-state index in [4.69, 9.17) is 16.3 Å². The molecule has 1 fully saturated rings. The minimum Gasteiger partial charge on any atom is -0.492 e. The molecule has 1 saturated heterocycles. The van der Waals surface area contributed by atoms with Crippen LogP contribution in [0.4, 0.5) is 0 Å². The SMILES string of the molecule is Cc1cc(C)c(OCCCN2CCCC2)c(Cl)c1. The van der Waals surface area contributed by atoms with E-state index in [-0.39, 0.29) is 0 Å². The van der Waals surface area contributed by atoms with Gasteiger partial charge in [-0.2, -0.15) is 0 Å². The Morgan fingerprint density at radius 3 is 2.61 bits per heavy atom. The van der Waals surface area contributed by atoms with Crippen LogP contribution in [0.25, 0.3) is 0 Å². The van der Waals surface area contributed by atoms with E-state index in [0.717, 1.165) is 35.9 Å². The van der Waals surface area contributed by atoms with Gasteiger partial charge in [-0.15, -0.1) is 0 Å². The second kappa shape index (κ2) is 6.44. The Labute approximate surface area is 115 Å². The Balaban J connectivity index is 1.79. The smallest absolute Gasteiger partial charge is 0.140 e. The second-order valence-electron chi connectivity index (χ2n) is 5.14. The van der Waals surface area contributed by atoms with Crippen LogP contribution in [-0.2, 0) is 0 Å². The van der Waals surface area contributed by atoms with Gasteiger partial charge in [0, 0.05) is 6.54 Å². The molecule has 1 aromatic carbocycles. The van der Waals surface area contributed by atoms with Gasteiger partial charge < -0.3 is 9.64 Å². The van der Waals surface area contributed by atoms with E-state index in [1.165, 1.54) is 31.5 Å². The van der Waals surface area contributed by atoms with Crippen molar-refractivity contribution in [2.24, 2.45) is 0 Å². The predicted octanol–water partition coefficient (Wildman–Crippen LogP) is 3.82. The molecule has 0 spiro atoms. The van der Waals surface area contributed by atoms with Crippen molar-refractivity contribution in [1.29, 1.82) is 0 Å². The summed E-state index contributed by atoms with van der Waals surface area (Å²) in [6.45, 7) is 8.50. The van der Waals surface area contributed by atoms with E-state index in [0.29, 0.717) is 0 Å². The van der Waals surface area contributed by atoms with E-state index < -0.39 is 0 Å². The first-order valence-corrected chi connectivity index (χ1v) is 7.16. The molecule has 1 aromatic rings. The van der Waals surface area contributed by atoms with Gasteiger partial charge in [0.2, 0.25) is 0 Å². The summed E-state index contributed by atoms with van der Waals surface area (Å²) in [5, 5.41) is 0.730. The van der Waals surface area contributed by atoms with Crippen LogP contribution in [0.1, 0.15) is 30.4 Å². The first-order valence-electron chi connectivity index (χ1n) is 6.79. The highest BCUT2D eigenvalue weighted by molar-refractivity contribution is 6.32. The Bertz CT molecular complexity index is 376. The highest BCUT2D eigenvalue weighted by atomic mass is 35.5. The largest absolute Gasteiger partial charge is 0.492 e. The van der Waals surface area contributed by atoms with E-state index in [2.05, 4.69) is 24.8 Å². The minimum atomic E-state index is 0.730. The molecule has 0 aliphatic carbocycles. The summed E-state index contributed by atoms with van der Waals surface area (Å²) in [7, 11) is 0. The van der Waals surface area contributed by atoms with E-state index >= 15 is 0 Å². The predicted molar refractivity (Wildman–Crippen MR) is 76.7 cm³/mol. The first-order chi connectivity index (χ1) is 8.66. The lowest BCUT2D eigenvalue weighted by molar-refractivity contribution is 0.262. The summed E-state index contributed by atoms with van der Waals surface area (Å²) in [5.74, 6) is 0.851. The maximum Gasteiger partial charge on any atom is 0.140 e. The minimum absolute atomic E-state index is 0.730. The first kappa shape index (κ1) is 13.7. The molecule has 3 heteroatoms. The molecule has 0 atom stereocenters. The summed E-state index contributed by atoms with van der Waals surface area (Å²) in [6.07, 6.45) is 3.77. The quantitative estimate of drug-likeness (QED) is 0.752. The number of halogens is 1. The van der Waals surface area contributed by atoms with Crippen LogP contribution in [0.2, 0.25) is 5.02 Å². The summed E-state index contributed by atoms with van der Waals surface area (Å²) < 4.78 is 5.82. The summed E-state index contributed by atoms with van der Waals surface area (Å²) >= 11 is 6.21. The van der Waals surface area contributed by atoms with Gasteiger partial charge >= 0.3 is 0 Å². The number of hydrogen-bond donors (Lipinski definition) is 0. The Morgan fingerprint density at radius 2 is 1.94 bits per heavy atom. The maximum atomic E-state index is 6.21. The fourth-order valence-electron chi connectivity index (χ4n) is 2.55. The molecule has 0 aromatic heterocycles. The molecule has 1 heterocycles. The average molecular weight is 268 g/mol. The molecule has 0 saturated carbocycles. The lowest BCUT2D eigenvalue weighted by Gasteiger charge is -2.16. The molecule has 0 bridgehead atoms. The van der Waals surface area contributed by atoms with Gasteiger partial charge in [-0.1, -0.05) is 17.7 Å². The molecule has 1 aliphatic rings. The highest BCUT2D eigenvalue weighted by Gasteiger charge is 2.11. The molecule has 0 unspecified atom stereocenters. The fourth-order valence-corrected chi connectivity index (χ4v) is 2.93. The summed E-state index contributed by atoms with van der Waals surface area (Å²) in [6, 6.07) is 4.08. The Hall–Kier alpha value is -0.730. The van der Waals surface area contributed by atoms with Crippen molar-refractivity contribution in [3.63, 3.8) is 0 Å². The molecule has 100 valence electrons. The normalized spacial score (nSPS) is 16.2. The van der Waals surface area contributed by atoms with Crippen molar-refractivity contribution >= 4 is 11.6 Å². The summed E-state index contributed by atoms with van der Waals surface area (Å²) in [5.41, 5.74) is 2.31. The standard InChI is InChI=1S/C15H22ClNO/c1-12-10-13(2)15(14(16)11-12)18-9-5-8-17-6-3-4-7-17/h10-11H,3-9H2,1-2H3. The van der Waals surface area contributed by atoms with Crippen LogP contribution in [0.15, 0.2) is 12.1 Å². The number of likely N-dealkylation sites (tertiary alicyclic amines) is 1. The third-order valence-electron chi connectivity index (χ3n) is 3.44. The highest BCUT2D eigenvalue weighted by Crippen LogP contribution is 2.29. The van der Waals surface area contributed by atoms with Crippen LogP contribution in [0.3, 0.4) is 0 Å². The van der Waals surface area contributed by atoms with Crippen molar-refractivity contribution in [3.8, 4) is 5.75 Å². The third-order valence-corrected chi connectivity index (χ3v) is 3.72. The molecule has 0 N–H and O–H groups in total. The molecular weight excluding hydrogens is 246 g/mol. The number of ether oxygens (including phenoxy) is 1. The van der Waals surface area contributed by atoms with Gasteiger partial charge in [0.05, 0.1) is 11.6 Å². The Kier molecular flexibility index (Phi) is 4.90. The van der Waals surface area contributed by atoms with Crippen LogP contribution >= 0.6 is 11.6 Å². The topological polar surface area (TPSA) is 12.5 Å². The fraction of sp³-hybridized carbons (Fsp3) is 0.600. The monoisotopic (exact) mass is 267 g/mol. The van der Waals surface area contributed by atoms with Gasteiger partial charge in [0.15, 0.2) is 0 Å². The maximum absolute atomic E-state index is 6.21. The molecule has 2 rings (SSSR count). The van der Waals surface area contributed by atoms with Crippen molar-refractivity contribution in [1.82, 2.24) is 4.90 Å². The van der Waals surface area contributed by atoms with Gasteiger partial charge in [-0.25, -0.2) is 0 Å². The molecule has 0 radical (unpaired) electrons. The van der Waals surface area contributed by atoms with E-state index in [1.54, 1.807) is 0 Å². The summed E-state index contributed by atoms with van der Waals surface area (Å²) in [4.78, 5) is 2.51. The van der Waals surface area contributed by atoms with Gasteiger partial charge in [-0.3, -0.25) is 0 Å². The van der Waals surface area contributed by atoms with Crippen molar-refractivity contribution in [2.45, 2.75) is 33.1 Å². The lowest BCUT2D eigenvalue weighted by Crippen LogP contribution is -2.22. The van der Waals surface area contributed by atoms with Crippen LogP contribution in [-0.4, -0.2) is 31.1 Å². The number of aryl methyl sites for hydroxylation is 2. The number of rotatable bonds is 5. The Morgan fingerprint density at radius 1 is 1.22 bits per heavy atom. The van der Waals surface area contributed by atoms with Crippen LogP contribution < -0.4 is 4.74 Å². The van der Waals surface area contributed by atoms with E-state index in [1.807, 2.05) is 6.07 Å². The molecule has 18 heavy (non-hydrogen) atoms. The third kappa shape index (κ3) is 3.63. The zero-order valence-corrected chi connectivity index (χ0v) is 12.1. The number of hydrogen-bond acceptors (Lipinski definition) is 2. The van der Waals surface area contributed by atoms with E-state index in [9.17, 15) is 0 Å². The van der Waals surface area contributed by atoms with Crippen LogP contribution in [0.5, 0.6) is 5.75 Å². The number of nitrogens with zero attached hydrogens (tertiary/aromatic N) is 1. The molecule has 1 aliphatic heterocycles. The van der Waals surface area contributed by atoms with Crippen molar-refractivity contribution < 1.29 is 4.74 Å². The van der Waals surface area contributed by atoms with Gasteiger partial charge in [-0.05, 0) is 63.4 Å². The lowest BCUT2D eigenvalue weighted by atomic mass is 10.1. The number of benzene rings is 1. The molecular formula is C15H22ClNO. The second-order valence-corrected chi connectivity index (χ2v) is 5.55. The van der Waals surface area contributed by atoms with Crippen molar-refractivity contribution in [2.75, 3.05) is 26.2 Å². The molecule has 0 amide bonds. The van der Waals surface area contributed by atoms with Crippen LogP contribution in [0, 0.1) is 13.8 Å². The zero-order valence-electron chi connectivity index (χ0n) is 11.3. The molecule has 2 nitrogen and oxygen atoms in total. The van der Waals surface area contributed by atoms with Gasteiger partial charge in [0.1, 0.15) is 5.75 Å². The van der Waals surface area contributed by atoms with Crippen molar-refractivity contribution in [3.05, 3.63) is 28.3 Å². The zero-order chi connectivity index (χ0) is 13.0.